The van der Waals surface area contributed by atoms with Gasteiger partial charge in [0.25, 0.3) is 0 Å². The number of sulfone groups is 1. The highest BCUT2D eigenvalue weighted by Crippen LogP contribution is 2.16. The van der Waals surface area contributed by atoms with Crippen molar-refractivity contribution < 1.29 is 8.42 Å². The molecule has 1 rings (SSSR count). The van der Waals surface area contributed by atoms with Gasteiger partial charge in [0.2, 0.25) is 0 Å². The molecule has 0 spiro atoms. The fourth-order valence-electron chi connectivity index (χ4n) is 1.17. The molecule has 0 aromatic heterocycles. The molecule has 3 nitrogen and oxygen atoms in total. The maximum atomic E-state index is 11.9. The number of rotatable bonds is 4. The number of alkyl halides is 1. The largest absolute Gasteiger partial charge is 0.315 e. The van der Waals surface area contributed by atoms with Crippen LogP contribution in [0.4, 0.5) is 0 Å². The van der Waals surface area contributed by atoms with E-state index in [1.807, 2.05) is 6.92 Å². The van der Waals surface area contributed by atoms with Crippen LogP contribution in [0.25, 0.3) is 0 Å². The Hall–Kier alpha value is -0.390. The minimum atomic E-state index is -3.37. The lowest BCUT2D eigenvalue weighted by atomic mass is 10.2. The molecule has 0 aliphatic carbocycles. The number of aryl methyl sites for hydroxylation is 1. The molecular formula is C10H14BrNO2S. The van der Waals surface area contributed by atoms with Crippen molar-refractivity contribution in [1.82, 2.24) is 0 Å². The Morgan fingerprint density at radius 1 is 1.33 bits per heavy atom. The summed E-state index contributed by atoms with van der Waals surface area (Å²) in [6, 6.07) is 6.74. The van der Waals surface area contributed by atoms with Gasteiger partial charge in [0.15, 0.2) is 9.84 Å². The summed E-state index contributed by atoms with van der Waals surface area (Å²) in [5, 5.41) is -0.251. The fraction of sp³-hybridized carbons (Fsp3) is 0.400. The van der Waals surface area contributed by atoms with E-state index in [-0.39, 0.29) is 0 Å². The highest BCUT2D eigenvalue weighted by atomic mass is 79.9. The average molecular weight is 292 g/mol. The first-order chi connectivity index (χ1) is 6.98. The molecule has 1 atom stereocenters. The van der Waals surface area contributed by atoms with Gasteiger partial charge in [0.05, 0.1) is 4.90 Å². The molecule has 1 aromatic carbocycles. The molecule has 5 heteroatoms. The van der Waals surface area contributed by atoms with Crippen LogP contribution in [0.5, 0.6) is 0 Å². The summed E-state index contributed by atoms with van der Waals surface area (Å²) in [6.07, 6.45) is 0.413. The van der Waals surface area contributed by atoms with Gasteiger partial charge in [-0.15, -0.1) is 0 Å². The highest BCUT2D eigenvalue weighted by Gasteiger charge is 2.22. The summed E-state index contributed by atoms with van der Waals surface area (Å²) in [7, 11) is -3.37. The second kappa shape index (κ2) is 5.09. The molecule has 0 amide bonds. The van der Waals surface area contributed by atoms with Crippen LogP contribution in [0.1, 0.15) is 12.0 Å². The van der Waals surface area contributed by atoms with Crippen molar-refractivity contribution in [3.8, 4) is 0 Å². The van der Waals surface area contributed by atoms with Gasteiger partial charge in [0.1, 0.15) is 5.37 Å². The van der Waals surface area contributed by atoms with Crippen molar-refractivity contribution in [1.29, 1.82) is 0 Å². The summed E-state index contributed by atoms with van der Waals surface area (Å²) in [4.78, 5) is 0.293. The second-order valence-corrected chi connectivity index (χ2v) is 6.33. The van der Waals surface area contributed by atoms with Gasteiger partial charge in [-0.2, -0.15) is 0 Å². The first-order valence-electron chi connectivity index (χ1n) is 4.60. The third kappa shape index (κ3) is 3.03. The van der Waals surface area contributed by atoms with Gasteiger partial charge in [-0.05, 0) is 25.5 Å². The Kier molecular flexibility index (Phi) is 4.31. The first kappa shape index (κ1) is 12.7. The van der Waals surface area contributed by atoms with E-state index < -0.39 is 15.2 Å². The van der Waals surface area contributed by atoms with Gasteiger partial charge < -0.3 is 5.73 Å². The minimum absolute atomic E-state index is 0.293. The van der Waals surface area contributed by atoms with Crippen LogP contribution in [0.15, 0.2) is 29.2 Å². The summed E-state index contributed by atoms with van der Waals surface area (Å²) in [5.41, 5.74) is 6.64. The molecule has 0 aliphatic heterocycles. The van der Waals surface area contributed by atoms with Crippen LogP contribution >= 0.6 is 15.9 Å². The summed E-state index contributed by atoms with van der Waals surface area (Å²) in [6.45, 7) is 1.91. The molecule has 84 valence electrons. The van der Waals surface area contributed by atoms with E-state index in [9.17, 15) is 8.42 Å². The Balaban J connectivity index is 3.01. The van der Waals surface area contributed by atoms with E-state index in [0.717, 1.165) is 5.56 Å². The van der Waals surface area contributed by atoms with Crippen molar-refractivity contribution in [3.63, 3.8) is 0 Å². The van der Waals surface area contributed by atoms with Crippen LogP contribution in [0.3, 0.4) is 0 Å². The van der Waals surface area contributed by atoms with Gasteiger partial charge in [-0.25, -0.2) is 8.42 Å². The predicted octanol–water partition coefficient (Wildman–Crippen LogP) is 1.84. The van der Waals surface area contributed by atoms with E-state index in [0.29, 0.717) is 16.6 Å². The molecule has 2 N–H and O–H groups in total. The average Bonchev–Trinajstić information content (AvgIpc) is 2.18. The monoisotopic (exact) mass is 291 g/mol. The lowest BCUT2D eigenvalue weighted by Crippen LogP contribution is -2.30. The first-order valence-corrected chi connectivity index (χ1v) is 7.27. The molecule has 0 heterocycles. The Labute approximate surface area is 98.7 Å². The van der Waals surface area contributed by atoms with Crippen molar-refractivity contribution in [2.75, 3.05) is 5.33 Å². The molecule has 0 aliphatic rings. The molecule has 0 fully saturated rings. The topological polar surface area (TPSA) is 60.2 Å². The van der Waals surface area contributed by atoms with Crippen molar-refractivity contribution >= 4 is 25.8 Å². The van der Waals surface area contributed by atoms with Crippen LogP contribution < -0.4 is 5.73 Å². The number of benzene rings is 1. The van der Waals surface area contributed by atoms with E-state index in [1.54, 1.807) is 24.3 Å². The molecule has 1 unspecified atom stereocenters. The third-order valence-corrected chi connectivity index (χ3v) is 4.56. The van der Waals surface area contributed by atoms with Crippen molar-refractivity contribution in [2.45, 2.75) is 23.6 Å². The number of hydrogen-bond acceptors (Lipinski definition) is 3. The number of halogens is 1. The molecule has 0 saturated heterocycles. The van der Waals surface area contributed by atoms with E-state index in [1.165, 1.54) is 0 Å². The zero-order valence-corrected chi connectivity index (χ0v) is 10.9. The molecular weight excluding hydrogens is 278 g/mol. The Bertz CT molecular complexity index is 414. The zero-order chi connectivity index (χ0) is 11.5. The van der Waals surface area contributed by atoms with Crippen LogP contribution in [-0.4, -0.2) is 19.1 Å². The van der Waals surface area contributed by atoms with E-state index in [4.69, 9.17) is 5.73 Å². The van der Waals surface area contributed by atoms with Crippen LogP contribution in [0.2, 0.25) is 0 Å². The number of nitrogens with two attached hydrogens (primary N) is 1. The third-order valence-electron chi connectivity index (χ3n) is 2.14. The normalized spacial score (nSPS) is 13.8. The van der Waals surface area contributed by atoms with Crippen molar-refractivity contribution in [3.05, 3.63) is 29.8 Å². The Morgan fingerprint density at radius 2 is 1.87 bits per heavy atom. The SMILES string of the molecule is Cc1ccc(S(=O)(=O)C(N)CCBr)cc1. The van der Waals surface area contributed by atoms with Crippen LogP contribution in [-0.2, 0) is 9.84 Å². The smallest absolute Gasteiger partial charge is 0.194 e. The van der Waals surface area contributed by atoms with Gasteiger partial charge in [-0.1, -0.05) is 33.6 Å². The second-order valence-electron chi connectivity index (χ2n) is 3.37. The predicted molar refractivity (Wildman–Crippen MR) is 64.8 cm³/mol. The lowest BCUT2D eigenvalue weighted by Gasteiger charge is -2.11. The minimum Gasteiger partial charge on any atom is -0.315 e. The molecule has 0 saturated carbocycles. The maximum Gasteiger partial charge on any atom is 0.194 e. The van der Waals surface area contributed by atoms with Gasteiger partial charge in [-0.3, -0.25) is 0 Å². The van der Waals surface area contributed by atoms with Gasteiger partial charge >= 0.3 is 0 Å². The fourth-order valence-corrected chi connectivity index (χ4v) is 3.25. The summed E-state index contributed by atoms with van der Waals surface area (Å²) >= 11 is 3.18. The molecule has 1 aromatic rings. The standard InChI is InChI=1S/C10H14BrNO2S/c1-8-2-4-9(5-3-8)15(13,14)10(12)6-7-11/h2-5,10H,6-7,12H2,1H3. The molecule has 0 radical (unpaired) electrons. The Morgan fingerprint density at radius 3 is 2.33 bits per heavy atom. The maximum absolute atomic E-state index is 11.9. The highest BCUT2D eigenvalue weighted by molar-refractivity contribution is 9.09. The van der Waals surface area contributed by atoms with Gasteiger partial charge in [0, 0.05) is 5.33 Å². The molecule has 15 heavy (non-hydrogen) atoms. The number of hydrogen-bond donors (Lipinski definition) is 1. The lowest BCUT2D eigenvalue weighted by molar-refractivity contribution is 0.578. The van der Waals surface area contributed by atoms with E-state index >= 15 is 0 Å². The van der Waals surface area contributed by atoms with Crippen molar-refractivity contribution in [2.24, 2.45) is 5.73 Å². The summed E-state index contributed by atoms with van der Waals surface area (Å²) < 4.78 is 23.8. The summed E-state index contributed by atoms with van der Waals surface area (Å²) in [5.74, 6) is 0. The zero-order valence-electron chi connectivity index (χ0n) is 8.48. The van der Waals surface area contributed by atoms with Crippen LogP contribution in [0, 0.1) is 6.92 Å². The quantitative estimate of drug-likeness (QED) is 0.861. The molecule has 0 bridgehead atoms. The van der Waals surface area contributed by atoms with E-state index in [2.05, 4.69) is 15.9 Å².